The van der Waals surface area contributed by atoms with E-state index in [4.69, 9.17) is 0 Å². The lowest BCUT2D eigenvalue weighted by Crippen LogP contribution is -2.47. The van der Waals surface area contributed by atoms with Crippen molar-refractivity contribution in [3.63, 3.8) is 0 Å². The molecule has 2 aromatic rings. The van der Waals surface area contributed by atoms with Crippen LogP contribution in [0.25, 0.3) is 0 Å². The van der Waals surface area contributed by atoms with E-state index in [0.717, 1.165) is 23.2 Å². The van der Waals surface area contributed by atoms with Crippen LogP contribution in [0, 0.1) is 18.8 Å². The van der Waals surface area contributed by atoms with Crippen LogP contribution in [0.1, 0.15) is 17.5 Å². The summed E-state index contributed by atoms with van der Waals surface area (Å²) in [4.78, 5) is 27.2. The maximum atomic E-state index is 12.8. The zero-order chi connectivity index (χ0) is 20.1. The number of carbonyl (C=O) groups excluding carboxylic acids is 2. The van der Waals surface area contributed by atoms with E-state index in [2.05, 4.69) is 15.7 Å². The Balaban J connectivity index is 1.51. The highest BCUT2D eigenvalue weighted by atomic mass is 16.2. The lowest BCUT2D eigenvalue weighted by Gasteiger charge is -2.31. The normalized spacial score (nSPS) is 19.2. The molecule has 0 radical (unpaired) electrons. The first kappa shape index (κ1) is 20.1. The van der Waals surface area contributed by atoms with Gasteiger partial charge in [0.2, 0.25) is 11.8 Å². The number of anilines is 1. The fourth-order valence-corrected chi connectivity index (χ4v) is 3.53. The number of piperidine rings is 1. The molecule has 0 aliphatic carbocycles. The Morgan fingerprint density at radius 2 is 1.96 bits per heavy atom. The SMILES string of the molecule is Cc1ccc(NC(=O)[C@H]2CNC[C@@H](C(=O)N(C)CCc3cnn(C)c3)C2)cc1. The predicted octanol–water partition coefficient (Wildman–Crippen LogP) is 1.59. The second kappa shape index (κ2) is 9.01. The number of aryl methyl sites for hydroxylation is 2. The fourth-order valence-electron chi connectivity index (χ4n) is 3.53. The van der Waals surface area contributed by atoms with E-state index in [1.807, 2.05) is 57.7 Å². The van der Waals surface area contributed by atoms with Gasteiger partial charge in [0.15, 0.2) is 0 Å². The van der Waals surface area contributed by atoms with Gasteiger partial charge >= 0.3 is 0 Å². The Morgan fingerprint density at radius 3 is 2.64 bits per heavy atom. The second-order valence-corrected chi connectivity index (χ2v) is 7.68. The van der Waals surface area contributed by atoms with E-state index in [-0.39, 0.29) is 23.7 Å². The molecule has 1 aliphatic heterocycles. The molecule has 1 aromatic heterocycles. The molecule has 0 saturated carbocycles. The van der Waals surface area contributed by atoms with Crippen molar-refractivity contribution in [1.82, 2.24) is 20.0 Å². The minimum Gasteiger partial charge on any atom is -0.345 e. The number of hydrogen-bond acceptors (Lipinski definition) is 4. The van der Waals surface area contributed by atoms with Crippen molar-refractivity contribution in [1.29, 1.82) is 0 Å². The smallest absolute Gasteiger partial charge is 0.228 e. The summed E-state index contributed by atoms with van der Waals surface area (Å²) in [5.74, 6) is -0.340. The average molecular weight is 383 g/mol. The molecule has 2 heterocycles. The molecule has 7 nitrogen and oxygen atoms in total. The molecule has 1 fully saturated rings. The third-order valence-electron chi connectivity index (χ3n) is 5.26. The van der Waals surface area contributed by atoms with Crippen molar-refractivity contribution in [3.8, 4) is 0 Å². The highest BCUT2D eigenvalue weighted by molar-refractivity contribution is 5.93. The van der Waals surface area contributed by atoms with Crippen molar-refractivity contribution < 1.29 is 9.59 Å². The number of amides is 2. The minimum absolute atomic E-state index is 0.0353. The molecule has 0 unspecified atom stereocenters. The highest BCUT2D eigenvalue weighted by Crippen LogP contribution is 2.21. The van der Waals surface area contributed by atoms with Gasteiger partial charge in [0.1, 0.15) is 0 Å². The largest absolute Gasteiger partial charge is 0.345 e. The molecule has 2 amide bonds. The summed E-state index contributed by atoms with van der Waals surface area (Å²) in [6.07, 6.45) is 5.13. The van der Waals surface area contributed by atoms with Crippen LogP contribution in [0.2, 0.25) is 0 Å². The molecule has 1 aromatic carbocycles. The Labute approximate surface area is 166 Å². The zero-order valence-corrected chi connectivity index (χ0v) is 16.8. The summed E-state index contributed by atoms with van der Waals surface area (Å²) in [6.45, 7) is 3.87. The Kier molecular flexibility index (Phi) is 6.46. The van der Waals surface area contributed by atoms with Crippen LogP contribution in [-0.2, 0) is 23.1 Å². The number of aromatic nitrogens is 2. The zero-order valence-electron chi connectivity index (χ0n) is 16.8. The Hall–Kier alpha value is -2.67. The number of likely N-dealkylation sites (N-methyl/N-ethyl adjacent to an activating group) is 1. The predicted molar refractivity (Wildman–Crippen MR) is 109 cm³/mol. The summed E-state index contributed by atoms with van der Waals surface area (Å²) in [6, 6.07) is 7.74. The van der Waals surface area contributed by atoms with Crippen LogP contribution in [0.4, 0.5) is 5.69 Å². The van der Waals surface area contributed by atoms with Gasteiger partial charge in [0, 0.05) is 45.6 Å². The molecule has 1 saturated heterocycles. The van der Waals surface area contributed by atoms with Crippen LogP contribution < -0.4 is 10.6 Å². The molecular formula is C21H29N5O2. The average Bonchev–Trinajstić information content (AvgIpc) is 3.12. The van der Waals surface area contributed by atoms with Crippen molar-refractivity contribution >= 4 is 17.5 Å². The van der Waals surface area contributed by atoms with Crippen LogP contribution in [-0.4, -0.2) is 53.2 Å². The Bertz CT molecular complexity index is 814. The number of carbonyl (C=O) groups is 2. The summed E-state index contributed by atoms with van der Waals surface area (Å²) >= 11 is 0. The summed E-state index contributed by atoms with van der Waals surface area (Å²) in [7, 11) is 3.71. The first-order valence-electron chi connectivity index (χ1n) is 9.73. The number of benzene rings is 1. The number of hydrogen-bond donors (Lipinski definition) is 2. The van der Waals surface area contributed by atoms with E-state index >= 15 is 0 Å². The third-order valence-corrected chi connectivity index (χ3v) is 5.26. The summed E-state index contributed by atoms with van der Waals surface area (Å²) < 4.78 is 1.76. The lowest BCUT2D eigenvalue weighted by molar-refractivity contribution is -0.135. The topological polar surface area (TPSA) is 79.3 Å². The van der Waals surface area contributed by atoms with E-state index in [9.17, 15) is 9.59 Å². The van der Waals surface area contributed by atoms with Crippen molar-refractivity contribution in [3.05, 3.63) is 47.8 Å². The van der Waals surface area contributed by atoms with E-state index in [1.165, 1.54) is 0 Å². The lowest BCUT2D eigenvalue weighted by atomic mass is 9.88. The molecule has 1 aliphatic rings. The maximum absolute atomic E-state index is 12.8. The van der Waals surface area contributed by atoms with Gasteiger partial charge in [-0.25, -0.2) is 0 Å². The molecule has 28 heavy (non-hydrogen) atoms. The maximum Gasteiger partial charge on any atom is 0.228 e. The number of rotatable bonds is 6. The molecule has 150 valence electrons. The van der Waals surface area contributed by atoms with E-state index in [1.54, 1.807) is 9.58 Å². The van der Waals surface area contributed by atoms with Gasteiger partial charge < -0.3 is 15.5 Å². The molecule has 2 atom stereocenters. The second-order valence-electron chi connectivity index (χ2n) is 7.68. The van der Waals surface area contributed by atoms with Gasteiger partial charge in [-0.1, -0.05) is 17.7 Å². The molecule has 0 bridgehead atoms. The van der Waals surface area contributed by atoms with Crippen LogP contribution >= 0.6 is 0 Å². The van der Waals surface area contributed by atoms with E-state index in [0.29, 0.717) is 26.1 Å². The Morgan fingerprint density at radius 1 is 1.25 bits per heavy atom. The molecule has 0 spiro atoms. The molecule has 7 heteroatoms. The first-order valence-corrected chi connectivity index (χ1v) is 9.73. The highest BCUT2D eigenvalue weighted by Gasteiger charge is 2.32. The summed E-state index contributed by atoms with van der Waals surface area (Å²) in [5.41, 5.74) is 3.05. The van der Waals surface area contributed by atoms with Gasteiger partial charge in [-0.05, 0) is 37.5 Å². The first-order chi connectivity index (χ1) is 13.4. The van der Waals surface area contributed by atoms with Gasteiger partial charge in [-0.3, -0.25) is 14.3 Å². The summed E-state index contributed by atoms with van der Waals surface area (Å²) in [5, 5.41) is 10.4. The van der Waals surface area contributed by atoms with Gasteiger partial charge in [0.25, 0.3) is 0 Å². The van der Waals surface area contributed by atoms with E-state index < -0.39 is 0 Å². The van der Waals surface area contributed by atoms with Crippen molar-refractivity contribution in [2.45, 2.75) is 19.8 Å². The third kappa shape index (κ3) is 5.19. The minimum atomic E-state index is -0.212. The number of nitrogens with one attached hydrogen (secondary N) is 2. The van der Waals surface area contributed by atoms with Crippen LogP contribution in [0.5, 0.6) is 0 Å². The van der Waals surface area contributed by atoms with Gasteiger partial charge in [0.05, 0.1) is 18.0 Å². The van der Waals surface area contributed by atoms with Crippen LogP contribution in [0.3, 0.4) is 0 Å². The molecule has 2 N–H and O–H groups in total. The van der Waals surface area contributed by atoms with Gasteiger partial charge in [-0.15, -0.1) is 0 Å². The monoisotopic (exact) mass is 383 g/mol. The van der Waals surface area contributed by atoms with Gasteiger partial charge in [-0.2, -0.15) is 5.10 Å². The van der Waals surface area contributed by atoms with Crippen molar-refractivity contribution in [2.75, 3.05) is 32.0 Å². The quantitative estimate of drug-likeness (QED) is 0.794. The molecule has 3 rings (SSSR count). The standard InChI is InChI=1S/C21H29N5O2/c1-15-4-6-19(7-5-15)24-20(27)17-10-18(13-22-12-17)21(28)25(2)9-8-16-11-23-26(3)14-16/h4-7,11,14,17-18,22H,8-10,12-13H2,1-3H3,(H,24,27)/t17-,18+/m1/s1. The number of nitrogens with zero attached hydrogens (tertiary/aromatic N) is 3. The fraction of sp³-hybridized carbons (Fsp3) is 0.476. The molecular weight excluding hydrogens is 354 g/mol. The van der Waals surface area contributed by atoms with Crippen molar-refractivity contribution in [2.24, 2.45) is 18.9 Å². The van der Waals surface area contributed by atoms with Crippen LogP contribution in [0.15, 0.2) is 36.7 Å².